The van der Waals surface area contributed by atoms with Crippen molar-refractivity contribution in [3.05, 3.63) is 173 Å². The maximum atomic E-state index is 12.6. The van der Waals surface area contributed by atoms with E-state index in [1.165, 1.54) is 0 Å². The quantitative estimate of drug-likeness (QED) is 0.254. The maximum Gasteiger partial charge on any atom is 0.143 e. The van der Waals surface area contributed by atoms with Crippen molar-refractivity contribution >= 4 is 6.08 Å². The van der Waals surface area contributed by atoms with Crippen LogP contribution in [0, 0.1) is 5.92 Å². The van der Waals surface area contributed by atoms with E-state index >= 15 is 0 Å². The molecule has 5 rings (SSSR count). The van der Waals surface area contributed by atoms with Gasteiger partial charge in [-0.05, 0) is 27.8 Å². The summed E-state index contributed by atoms with van der Waals surface area (Å²) >= 11 is 0. The Kier molecular flexibility index (Phi) is 7.73. The average Bonchev–Trinajstić information content (AvgIpc) is 3.01. The van der Waals surface area contributed by atoms with Crippen LogP contribution in [0.4, 0.5) is 0 Å². The highest BCUT2D eigenvalue weighted by Crippen LogP contribution is 2.45. The van der Waals surface area contributed by atoms with Gasteiger partial charge < -0.3 is 20.4 Å². The number of benzene rings is 4. The van der Waals surface area contributed by atoms with Gasteiger partial charge in [0.1, 0.15) is 23.4 Å². The first kappa shape index (κ1) is 26.5. The molecule has 0 saturated carbocycles. The van der Waals surface area contributed by atoms with Crippen molar-refractivity contribution in [1.29, 1.82) is 0 Å². The van der Waals surface area contributed by atoms with Crippen molar-refractivity contribution in [2.45, 2.75) is 23.4 Å². The summed E-state index contributed by atoms with van der Waals surface area (Å²) in [5, 5.41) is 48.8. The predicted molar refractivity (Wildman–Crippen MR) is 154 cm³/mol. The van der Waals surface area contributed by atoms with Gasteiger partial charge in [0.25, 0.3) is 0 Å². The van der Waals surface area contributed by atoms with Crippen molar-refractivity contribution in [2.75, 3.05) is 0 Å². The Balaban J connectivity index is 1.67. The minimum absolute atomic E-state index is 0.400. The highest BCUT2D eigenvalue weighted by molar-refractivity contribution is 5.60. The molecule has 4 atom stereocenters. The van der Waals surface area contributed by atoms with Crippen LogP contribution in [-0.2, 0) is 11.2 Å². The SMILES string of the molecule is OC(C(O)C(O)(c1ccccc1)C1C=CC=CC1=Cc1ccccc1)C(O)(c1ccccc1)c1ccccc1. The summed E-state index contributed by atoms with van der Waals surface area (Å²) in [6.45, 7) is 0. The number of aliphatic hydroxyl groups excluding tert-OH is 2. The normalized spacial score (nSPS) is 19.4. The van der Waals surface area contributed by atoms with Crippen molar-refractivity contribution < 1.29 is 20.4 Å². The van der Waals surface area contributed by atoms with Gasteiger partial charge in [0.2, 0.25) is 0 Å². The van der Waals surface area contributed by atoms with Gasteiger partial charge in [0.15, 0.2) is 0 Å². The van der Waals surface area contributed by atoms with Crippen LogP contribution >= 0.6 is 0 Å². The van der Waals surface area contributed by atoms with E-state index in [0.717, 1.165) is 11.1 Å². The third-order valence-electron chi connectivity index (χ3n) is 7.51. The van der Waals surface area contributed by atoms with Gasteiger partial charge in [0, 0.05) is 5.92 Å². The van der Waals surface area contributed by atoms with Crippen molar-refractivity contribution in [3.8, 4) is 0 Å². The van der Waals surface area contributed by atoms with Gasteiger partial charge in [0.05, 0.1) is 0 Å². The second-order valence-electron chi connectivity index (χ2n) is 9.86. The zero-order chi connectivity index (χ0) is 27.3. The number of allylic oxidation sites excluding steroid dienone is 3. The second-order valence-corrected chi connectivity index (χ2v) is 9.86. The minimum Gasteiger partial charge on any atom is -0.387 e. The molecule has 4 nitrogen and oxygen atoms in total. The predicted octanol–water partition coefficient (Wildman–Crippen LogP) is 5.36. The molecule has 0 bridgehead atoms. The number of hydrogen-bond donors (Lipinski definition) is 4. The summed E-state index contributed by atoms with van der Waals surface area (Å²) in [4.78, 5) is 0. The van der Waals surface area contributed by atoms with Crippen LogP contribution in [-0.4, -0.2) is 32.6 Å². The molecule has 1 aliphatic rings. The summed E-state index contributed by atoms with van der Waals surface area (Å²) in [5.41, 5.74) is -1.10. The van der Waals surface area contributed by atoms with E-state index in [-0.39, 0.29) is 0 Å². The van der Waals surface area contributed by atoms with E-state index in [1.807, 2.05) is 78.9 Å². The van der Waals surface area contributed by atoms with Crippen LogP contribution in [0.25, 0.3) is 6.08 Å². The highest BCUT2D eigenvalue weighted by Gasteiger charge is 2.54. The van der Waals surface area contributed by atoms with Crippen LogP contribution in [0.2, 0.25) is 0 Å². The third-order valence-corrected chi connectivity index (χ3v) is 7.51. The number of aliphatic hydroxyl groups is 4. The molecule has 39 heavy (non-hydrogen) atoms. The molecule has 0 heterocycles. The molecule has 0 aromatic heterocycles. The fourth-order valence-corrected chi connectivity index (χ4v) is 5.44. The lowest BCUT2D eigenvalue weighted by Crippen LogP contribution is -2.58. The number of hydrogen-bond acceptors (Lipinski definition) is 4. The lowest BCUT2D eigenvalue weighted by Gasteiger charge is -2.46. The van der Waals surface area contributed by atoms with E-state index in [1.54, 1.807) is 72.8 Å². The molecule has 4 N–H and O–H groups in total. The molecule has 4 aromatic rings. The first-order valence-corrected chi connectivity index (χ1v) is 13.0. The lowest BCUT2D eigenvalue weighted by molar-refractivity contribution is -0.189. The Hall–Kier alpha value is -4.06. The van der Waals surface area contributed by atoms with Gasteiger partial charge in [-0.15, -0.1) is 0 Å². The monoisotopic (exact) mass is 516 g/mol. The molecule has 4 heteroatoms. The zero-order valence-corrected chi connectivity index (χ0v) is 21.5. The van der Waals surface area contributed by atoms with Crippen LogP contribution in [0.1, 0.15) is 22.3 Å². The number of rotatable bonds is 8. The molecule has 0 radical (unpaired) electrons. The van der Waals surface area contributed by atoms with Gasteiger partial charge in [-0.3, -0.25) is 0 Å². The minimum atomic E-state index is -2.01. The first-order chi connectivity index (χ1) is 19.0. The molecule has 0 amide bonds. The Bertz CT molecular complexity index is 1410. The Labute approximate surface area is 229 Å². The van der Waals surface area contributed by atoms with Gasteiger partial charge in [-0.1, -0.05) is 152 Å². The molecular weight excluding hydrogens is 484 g/mol. The smallest absolute Gasteiger partial charge is 0.143 e. The molecular formula is C35H32O4. The topological polar surface area (TPSA) is 80.9 Å². The fourth-order valence-electron chi connectivity index (χ4n) is 5.44. The largest absolute Gasteiger partial charge is 0.387 e. The van der Waals surface area contributed by atoms with E-state index in [4.69, 9.17) is 0 Å². The molecule has 0 aliphatic heterocycles. The molecule has 0 spiro atoms. The van der Waals surface area contributed by atoms with E-state index < -0.39 is 29.3 Å². The van der Waals surface area contributed by atoms with Crippen LogP contribution < -0.4 is 0 Å². The van der Waals surface area contributed by atoms with E-state index in [2.05, 4.69) is 0 Å². The summed E-state index contributed by atoms with van der Waals surface area (Å²) in [7, 11) is 0. The van der Waals surface area contributed by atoms with Crippen LogP contribution in [0.5, 0.6) is 0 Å². The second kappa shape index (κ2) is 11.4. The fraction of sp³-hybridized carbons (Fsp3) is 0.143. The summed E-state index contributed by atoms with van der Waals surface area (Å²) in [5.74, 6) is -0.731. The third kappa shape index (κ3) is 5.03. The standard InChI is InChI=1S/C35H32O4/c36-32(34(38,28-18-7-2-8-19-28)29-20-9-3-10-21-29)33(37)35(39,30-22-11-4-12-23-30)31-24-14-13-17-27(31)25-26-15-5-1-6-16-26/h1-25,31-33,36-39H. The lowest BCUT2D eigenvalue weighted by atomic mass is 9.67. The summed E-state index contributed by atoms with van der Waals surface area (Å²) in [6, 6.07) is 36.1. The Morgan fingerprint density at radius 1 is 0.564 bits per heavy atom. The molecule has 4 unspecified atom stereocenters. The van der Waals surface area contributed by atoms with Gasteiger partial charge in [-0.2, -0.15) is 0 Å². The molecule has 1 aliphatic carbocycles. The first-order valence-electron chi connectivity index (χ1n) is 13.0. The van der Waals surface area contributed by atoms with Crippen molar-refractivity contribution in [1.82, 2.24) is 0 Å². The van der Waals surface area contributed by atoms with E-state index in [9.17, 15) is 20.4 Å². The zero-order valence-electron chi connectivity index (χ0n) is 21.5. The maximum absolute atomic E-state index is 12.6. The van der Waals surface area contributed by atoms with Crippen LogP contribution in [0.3, 0.4) is 0 Å². The molecule has 4 aromatic carbocycles. The van der Waals surface area contributed by atoms with Gasteiger partial charge >= 0.3 is 0 Å². The Morgan fingerprint density at radius 2 is 1.03 bits per heavy atom. The molecule has 0 fully saturated rings. The highest BCUT2D eigenvalue weighted by atomic mass is 16.4. The average molecular weight is 517 g/mol. The Morgan fingerprint density at radius 3 is 1.54 bits per heavy atom. The van der Waals surface area contributed by atoms with Crippen molar-refractivity contribution in [2.24, 2.45) is 5.92 Å². The summed E-state index contributed by atoms with van der Waals surface area (Å²) in [6.07, 6.45) is 5.77. The van der Waals surface area contributed by atoms with Gasteiger partial charge in [-0.25, -0.2) is 0 Å². The van der Waals surface area contributed by atoms with E-state index in [0.29, 0.717) is 16.7 Å². The molecule has 0 saturated heterocycles. The summed E-state index contributed by atoms with van der Waals surface area (Å²) < 4.78 is 0. The van der Waals surface area contributed by atoms with Crippen molar-refractivity contribution in [3.63, 3.8) is 0 Å². The van der Waals surface area contributed by atoms with Crippen LogP contribution in [0.15, 0.2) is 151 Å². The molecule has 196 valence electrons.